The lowest BCUT2D eigenvalue weighted by Crippen LogP contribution is -2.40. The average molecular weight is 245 g/mol. The molecule has 0 radical (unpaired) electrons. The van der Waals surface area contributed by atoms with Crippen molar-refractivity contribution in [1.82, 2.24) is 10.3 Å². The predicted molar refractivity (Wildman–Crippen MR) is 77.6 cm³/mol. The van der Waals surface area contributed by atoms with Gasteiger partial charge >= 0.3 is 0 Å². The minimum Gasteiger partial charge on any atom is -0.358 e. The van der Waals surface area contributed by atoms with Crippen LogP contribution in [0.15, 0.2) is 24.3 Å². The maximum absolute atomic E-state index is 5.64. The van der Waals surface area contributed by atoms with E-state index in [1.165, 1.54) is 22.2 Å². The molecule has 0 bridgehead atoms. The normalized spacial score (nSPS) is 12.2. The van der Waals surface area contributed by atoms with E-state index in [1.807, 2.05) is 0 Å². The Labute approximate surface area is 109 Å². The van der Waals surface area contributed by atoms with Crippen LogP contribution in [0.4, 0.5) is 0 Å². The van der Waals surface area contributed by atoms with Crippen LogP contribution in [-0.4, -0.2) is 17.1 Å². The molecule has 2 rings (SSSR count). The summed E-state index contributed by atoms with van der Waals surface area (Å²) >= 11 is 0. The lowest BCUT2D eigenvalue weighted by Gasteiger charge is -2.25. The molecule has 0 aliphatic rings. The third-order valence-electron chi connectivity index (χ3n) is 3.54. The smallest absolute Gasteiger partial charge is 0.0459 e. The highest BCUT2D eigenvalue weighted by atomic mass is 15.0. The van der Waals surface area contributed by atoms with Gasteiger partial charge in [0, 0.05) is 28.7 Å². The summed E-state index contributed by atoms with van der Waals surface area (Å²) in [6.07, 6.45) is 0.981. The number of rotatable bonds is 5. The summed E-state index contributed by atoms with van der Waals surface area (Å²) in [5, 5.41) is 4.91. The zero-order valence-electron chi connectivity index (χ0n) is 11.5. The Hall–Kier alpha value is -1.32. The molecule has 18 heavy (non-hydrogen) atoms. The standard InChI is InChI=1S/C15H23N3/c1-11-13(10-17-15(2,3)8-9-16)12-6-4-5-7-14(12)18-11/h4-7,17-18H,8-10,16H2,1-3H3. The molecular weight excluding hydrogens is 222 g/mol. The van der Waals surface area contributed by atoms with Crippen LogP contribution in [0.5, 0.6) is 0 Å². The van der Waals surface area contributed by atoms with Crippen LogP contribution in [0.3, 0.4) is 0 Å². The molecule has 0 spiro atoms. The van der Waals surface area contributed by atoms with Crippen LogP contribution in [0.1, 0.15) is 31.5 Å². The molecule has 0 fully saturated rings. The van der Waals surface area contributed by atoms with E-state index in [9.17, 15) is 0 Å². The van der Waals surface area contributed by atoms with Gasteiger partial charge < -0.3 is 16.0 Å². The number of fused-ring (bicyclic) bond motifs is 1. The Morgan fingerprint density at radius 2 is 2.00 bits per heavy atom. The zero-order chi connectivity index (χ0) is 13.2. The van der Waals surface area contributed by atoms with Crippen LogP contribution < -0.4 is 11.1 Å². The minimum atomic E-state index is 0.0829. The van der Waals surface area contributed by atoms with Crippen molar-refractivity contribution < 1.29 is 0 Å². The number of aromatic amines is 1. The van der Waals surface area contributed by atoms with Gasteiger partial charge in [-0.25, -0.2) is 0 Å². The van der Waals surface area contributed by atoms with Crippen molar-refractivity contribution in [2.45, 2.75) is 39.3 Å². The number of nitrogens with one attached hydrogen (secondary N) is 2. The topological polar surface area (TPSA) is 53.8 Å². The van der Waals surface area contributed by atoms with Crippen molar-refractivity contribution in [3.05, 3.63) is 35.5 Å². The minimum absolute atomic E-state index is 0.0829. The van der Waals surface area contributed by atoms with E-state index < -0.39 is 0 Å². The molecule has 3 nitrogen and oxygen atoms in total. The van der Waals surface area contributed by atoms with Crippen LogP contribution in [0, 0.1) is 6.92 Å². The first-order chi connectivity index (χ1) is 8.53. The van der Waals surface area contributed by atoms with Crippen molar-refractivity contribution in [3.8, 4) is 0 Å². The van der Waals surface area contributed by atoms with Crippen molar-refractivity contribution >= 4 is 10.9 Å². The van der Waals surface area contributed by atoms with Gasteiger partial charge in [-0.15, -0.1) is 0 Å². The maximum Gasteiger partial charge on any atom is 0.0459 e. The first-order valence-corrected chi connectivity index (χ1v) is 6.55. The Morgan fingerprint density at radius 3 is 2.72 bits per heavy atom. The summed E-state index contributed by atoms with van der Waals surface area (Å²) in [5.74, 6) is 0. The average Bonchev–Trinajstić information content (AvgIpc) is 2.62. The summed E-state index contributed by atoms with van der Waals surface area (Å²) in [7, 11) is 0. The molecule has 1 aromatic carbocycles. The number of para-hydroxylation sites is 1. The van der Waals surface area contributed by atoms with Crippen LogP contribution in [0.2, 0.25) is 0 Å². The molecule has 2 aromatic rings. The summed E-state index contributed by atoms with van der Waals surface area (Å²) in [5.41, 5.74) is 9.53. The molecule has 0 unspecified atom stereocenters. The first kappa shape index (κ1) is 13.1. The number of H-pyrrole nitrogens is 1. The lowest BCUT2D eigenvalue weighted by atomic mass is 10.00. The van der Waals surface area contributed by atoms with E-state index in [0.29, 0.717) is 6.54 Å². The fourth-order valence-corrected chi connectivity index (χ4v) is 2.34. The molecule has 1 heterocycles. The Morgan fingerprint density at radius 1 is 1.28 bits per heavy atom. The van der Waals surface area contributed by atoms with Gasteiger partial charge in [0.25, 0.3) is 0 Å². The molecule has 4 N–H and O–H groups in total. The summed E-state index contributed by atoms with van der Waals surface area (Å²) in [4.78, 5) is 3.43. The predicted octanol–water partition coefficient (Wildman–Crippen LogP) is 2.69. The van der Waals surface area contributed by atoms with Gasteiger partial charge in [0.15, 0.2) is 0 Å². The molecule has 0 atom stereocenters. The number of aromatic nitrogens is 1. The largest absolute Gasteiger partial charge is 0.358 e. The molecule has 3 heteroatoms. The summed E-state index contributed by atoms with van der Waals surface area (Å²) in [6.45, 7) is 8.12. The van der Waals surface area contributed by atoms with Gasteiger partial charge in [-0.1, -0.05) is 18.2 Å². The SMILES string of the molecule is Cc1[nH]c2ccccc2c1CNC(C)(C)CCN. The van der Waals surface area contributed by atoms with Gasteiger partial charge in [-0.2, -0.15) is 0 Å². The van der Waals surface area contributed by atoms with Crippen LogP contribution in [0.25, 0.3) is 10.9 Å². The highest BCUT2D eigenvalue weighted by molar-refractivity contribution is 5.84. The maximum atomic E-state index is 5.64. The van der Waals surface area contributed by atoms with Gasteiger partial charge in [-0.05, 0) is 45.4 Å². The fraction of sp³-hybridized carbons (Fsp3) is 0.467. The third-order valence-corrected chi connectivity index (χ3v) is 3.54. The molecule has 0 saturated heterocycles. The second-order valence-corrected chi connectivity index (χ2v) is 5.55. The molecule has 0 aliphatic heterocycles. The molecule has 0 amide bonds. The number of nitrogens with two attached hydrogens (primary N) is 1. The summed E-state index contributed by atoms with van der Waals surface area (Å²) in [6, 6.07) is 8.45. The summed E-state index contributed by atoms with van der Waals surface area (Å²) < 4.78 is 0. The second-order valence-electron chi connectivity index (χ2n) is 5.55. The molecule has 0 saturated carbocycles. The number of hydrogen-bond donors (Lipinski definition) is 3. The molecule has 0 aliphatic carbocycles. The van der Waals surface area contributed by atoms with E-state index >= 15 is 0 Å². The fourth-order valence-electron chi connectivity index (χ4n) is 2.34. The first-order valence-electron chi connectivity index (χ1n) is 6.55. The van der Waals surface area contributed by atoms with E-state index in [4.69, 9.17) is 5.73 Å². The highest BCUT2D eigenvalue weighted by Gasteiger charge is 2.17. The number of hydrogen-bond acceptors (Lipinski definition) is 2. The van der Waals surface area contributed by atoms with Gasteiger partial charge in [0.1, 0.15) is 0 Å². The van der Waals surface area contributed by atoms with Crippen LogP contribution in [-0.2, 0) is 6.54 Å². The Bertz CT molecular complexity index is 526. The van der Waals surface area contributed by atoms with Crippen molar-refractivity contribution in [2.24, 2.45) is 5.73 Å². The van der Waals surface area contributed by atoms with Gasteiger partial charge in [-0.3, -0.25) is 0 Å². The molecular formula is C15H23N3. The number of benzene rings is 1. The van der Waals surface area contributed by atoms with E-state index in [-0.39, 0.29) is 5.54 Å². The quantitative estimate of drug-likeness (QED) is 0.758. The van der Waals surface area contributed by atoms with Gasteiger partial charge in [0.05, 0.1) is 0 Å². The zero-order valence-corrected chi connectivity index (χ0v) is 11.5. The monoisotopic (exact) mass is 245 g/mol. The van der Waals surface area contributed by atoms with E-state index in [2.05, 4.69) is 55.3 Å². The Kier molecular flexibility index (Phi) is 3.73. The highest BCUT2D eigenvalue weighted by Crippen LogP contribution is 2.22. The van der Waals surface area contributed by atoms with Crippen molar-refractivity contribution in [3.63, 3.8) is 0 Å². The third kappa shape index (κ3) is 2.74. The lowest BCUT2D eigenvalue weighted by molar-refractivity contribution is 0.365. The second kappa shape index (κ2) is 5.12. The molecule has 98 valence electrons. The Balaban J connectivity index is 2.19. The van der Waals surface area contributed by atoms with Crippen molar-refractivity contribution in [2.75, 3.05) is 6.54 Å². The van der Waals surface area contributed by atoms with E-state index in [1.54, 1.807) is 0 Å². The molecule has 1 aromatic heterocycles. The number of aryl methyl sites for hydroxylation is 1. The van der Waals surface area contributed by atoms with Crippen LogP contribution >= 0.6 is 0 Å². The van der Waals surface area contributed by atoms with E-state index in [0.717, 1.165) is 13.0 Å². The van der Waals surface area contributed by atoms with Crippen molar-refractivity contribution in [1.29, 1.82) is 0 Å². The van der Waals surface area contributed by atoms with Gasteiger partial charge in [0.2, 0.25) is 0 Å².